The minimum Gasteiger partial charge on any atom is -0.507 e. The van der Waals surface area contributed by atoms with Crippen LogP contribution >= 0.6 is 0 Å². The molecule has 0 saturated heterocycles. The summed E-state index contributed by atoms with van der Waals surface area (Å²) in [6.45, 7) is 14.9. The van der Waals surface area contributed by atoms with Crippen molar-refractivity contribution in [2.45, 2.75) is 183 Å². The first-order valence-corrected chi connectivity index (χ1v) is 26.6. The van der Waals surface area contributed by atoms with Crippen molar-refractivity contribution in [3.63, 3.8) is 0 Å². The molecule has 1 aromatic carbocycles. The number of carbonyl (C=O) groups excluding carboxylic acids is 2. The molecular weight excluding hydrogens is 811 g/mol. The van der Waals surface area contributed by atoms with Crippen LogP contribution in [-0.4, -0.2) is 79.2 Å². The Bertz CT molecular complexity index is 1860. The molecule has 0 radical (unpaired) electrons. The molecule has 2 aliphatic carbocycles. The standard InChI is InChI=1S/C52H83N3O7S/c1-7-13-16-19-21-22-23-24-26-29-36-63(60,61)53-46-37-42(54(10-4)11-5)32-34-44(46)49-51(58)50(52(49)59)45-35-33-43(38-47(45)56)55(12-6)39-48(57)62-40-41(30-27-18-15-9-3)31-28-25-20-17-14-8-2/h32-35,37-38,41H,7-31,36,39-40H2,1-6H3,(H2,53,56,58,59)/p+1. The normalized spacial score (nSPS) is 16.5. The lowest BCUT2D eigenvalue weighted by molar-refractivity contribution is -0.513. The van der Waals surface area contributed by atoms with E-state index in [0.717, 1.165) is 50.6 Å². The van der Waals surface area contributed by atoms with Crippen LogP contribution in [0.15, 0.2) is 59.1 Å². The number of unbranched alkanes of at least 4 members (excludes halogenated alkanes) is 17. The molecule has 1 atom stereocenters. The Morgan fingerprint density at radius 3 is 1.79 bits per heavy atom. The summed E-state index contributed by atoms with van der Waals surface area (Å²) in [5.74, 6) is -1.03. The molecule has 1 aromatic rings. The van der Waals surface area contributed by atoms with Gasteiger partial charge in [0, 0.05) is 36.0 Å². The Morgan fingerprint density at radius 1 is 0.730 bits per heavy atom. The van der Waals surface area contributed by atoms with Crippen molar-refractivity contribution >= 4 is 44.4 Å². The Balaban J connectivity index is 1.74. The molecule has 0 fully saturated rings. The zero-order valence-electron chi connectivity index (χ0n) is 40.1. The number of hydrogen-bond donors (Lipinski definition) is 3. The van der Waals surface area contributed by atoms with Crippen molar-refractivity contribution in [2.24, 2.45) is 5.92 Å². The largest absolute Gasteiger partial charge is 0.507 e. The van der Waals surface area contributed by atoms with Gasteiger partial charge in [-0.05, 0) is 70.2 Å². The molecule has 0 spiro atoms. The van der Waals surface area contributed by atoms with Crippen LogP contribution in [0, 0.1) is 5.92 Å². The number of aliphatic hydroxyl groups is 2. The van der Waals surface area contributed by atoms with Crippen LogP contribution in [-0.2, 0) is 24.3 Å². The third-order valence-electron chi connectivity index (χ3n) is 12.6. The van der Waals surface area contributed by atoms with E-state index in [-0.39, 0.29) is 57.8 Å². The van der Waals surface area contributed by atoms with Crippen LogP contribution in [0.5, 0.6) is 0 Å². The Kier molecular flexibility index (Phi) is 25.1. The summed E-state index contributed by atoms with van der Waals surface area (Å²) in [5, 5.41) is 22.7. The number of sulfonamides is 1. The van der Waals surface area contributed by atoms with Gasteiger partial charge in [0.05, 0.1) is 35.3 Å². The van der Waals surface area contributed by atoms with E-state index in [1.807, 2.05) is 31.4 Å². The van der Waals surface area contributed by atoms with Gasteiger partial charge >= 0.3 is 5.97 Å². The van der Waals surface area contributed by atoms with Gasteiger partial charge < -0.3 is 19.8 Å². The number of esters is 1. The molecule has 3 N–H and O–H groups in total. The molecule has 63 heavy (non-hydrogen) atoms. The van der Waals surface area contributed by atoms with E-state index in [1.54, 1.807) is 24.3 Å². The molecule has 1 unspecified atom stereocenters. The number of allylic oxidation sites excluding steroid dienone is 5. The summed E-state index contributed by atoms with van der Waals surface area (Å²) < 4.78 is 37.3. The third-order valence-corrected chi connectivity index (χ3v) is 13.9. The van der Waals surface area contributed by atoms with E-state index >= 15 is 0 Å². The van der Waals surface area contributed by atoms with Crippen LogP contribution in [0.3, 0.4) is 0 Å². The monoisotopic (exact) mass is 895 g/mol. The second-order valence-electron chi connectivity index (χ2n) is 17.6. The molecular formula is C52H84N3O7S+. The molecule has 354 valence electrons. The molecule has 2 aliphatic rings. The maximum Gasteiger partial charge on any atom is 0.372 e. The van der Waals surface area contributed by atoms with Crippen LogP contribution in [0.1, 0.15) is 188 Å². The smallest absolute Gasteiger partial charge is 0.372 e. The van der Waals surface area contributed by atoms with Gasteiger partial charge in [-0.15, -0.1) is 0 Å². The van der Waals surface area contributed by atoms with Crippen molar-refractivity contribution in [3.05, 3.63) is 64.7 Å². The number of nitrogens with zero attached hydrogens (tertiary/aromatic N) is 2. The number of aliphatic hydroxyl groups excluding tert-OH is 2. The van der Waals surface area contributed by atoms with Gasteiger partial charge in [-0.25, -0.2) is 17.8 Å². The quantitative estimate of drug-likeness (QED) is 0.0269. The van der Waals surface area contributed by atoms with Crippen molar-refractivity contribution in [1.82, 2.24) is 0 Å². The highest BCUT2D eigenvalue weighted by Gasteiger charge is 2.40. The van der Waals surface area contributed by atoms with Crippen molar-refractivity contribution in [3.8, 4) is 0 Å². The highest BCUT2D eigenvalue weighted by molar-refractivity contribution is 7.92. The zero-order chi connectivity index (χ0) is 46.0. The molecule has 0 aromatic heterocycles. The highest BCUT2D eigenvalue weighted by Crippen LogP contribution is 2.43. The lowest BCUT2D eigenvalue weighted by Gasteiger charge is -2.27. The number of likely N-dealkylation sites (N-methyl/N-ethyl adjacent to an activating group) is 1. The molecule has 0 amide bonds. The second kappa shape index (κ2) is 29.6. The summed E-state index contributed by atoms with van der Waals surface area (Å²) in [6.07, 6.45) is 30.0. The van der Waals surface area contributed by atoms with Gasteiger partial charge in [0.1, 0.15) is 18.1 Å². The average molecular weight is 895 g/mol. The number of nitrogens with one attached hydrogen (secondary N) is 1. The molecule has 10 nitrogen and oxygen atoms in total. The average Bonchev–Trinajstić information content (AvgIpc) is 3.26. The fourth-order valence-corrected chi connectivity index (χ4v) is 9.82. The maximum atomic E-state index is 13.9. The summed E-state index contributed by atoms with van der Waals surface area (Å²) in [4.78, 5) is 29.1. The topological polar surface area (TPSA) is 136 Å². The summed E-state index contributed by atoms with van der Waals surface area (Å²) in [7, 11) is -3.76. The number of ether oxygens (including phenoxy) is 1. The van der Waals surface area contributed by atoms with Crippen molar-refractivity contribution < 1.29 is 37.5 Å². The minimum atomic E-state index is -3.76. The first-order chi connectivity index (χ1) is 30.4. The lowest BCUT2D eigenvalue weighted by Crippen LogP contribution is -2.29. The lowest BCUT2D eigenvalue weighted by atomic mass is 9.79. The Morgan fingerprint density at radius 2 is 1.27 bits per heavy atom. The van der Waals surface area contributed by atoms with E-state index in [0.29, 0.717) is 44.3 Å². The highest BCUT2D eigenvalue weighted by atomic mass is 32.2. The third kappa shape index (κ3) is 17.9. The van der Waals surface area contributed by atoms with Crippen LogP contribution in [0.2, 0.25) is 0 Å². The van der Waals surface area contributed by atoms with Crippen LogP contribution in [0.25, 0.3) is 5.57 Å². The van der Waals surface area contributed by atoms with Gasteiger partial charge in [-0.3, -0.25) is 9.52 Å². The van der Waals surface area contributed by atoms with Gasteiger partial charge in [0.2, 0.25) is 28.1 Å². The number of ketones is 1. The van der Waals surface area contributed by atoms with E-state index in [2.05, 4.69) is 30.4 Å². The van der Waals surface area contributed by atoms with Crippen LogP contribution < -0.4 is 9.62 Å². The van der Waals surface area contributed by atoms with Gasteiger partial charge in [0.15, 0.2) is 0 Å². The van der Waals surface area contributed by atoms with Gasteiger partial charge in [-0.1, -0.05) is 143 Å². The number of carbonyl (C=O) groups is 2. The van der Waals surface area contributed by atoms with Gasteiger partial charge in [0.25, 0.3) is 0 Å². The van der Waals surface area contributed by atoms with Crippen molar-refractivity contribution in [1.29, 1.82) is 0 Å². The van der Waals surface area contributed by atoms with E-state index in [9.17, 15) is 28.2 Å². The molecule has 0 heterocycles. The number of benzene rings is 1. The molecule has 11 heteroatoms. The first-order valence-electron chi connectivity index (χ1n) is 24.9. The minimum absolute atomic E-state index is 0.00528. The van der Waals surface area contributed by atoms with E-state index in [1.165, 1.54) is 96.0 Å². The zero-order valence-corrected chi connectivity index (χ0v) is 40.9. The second-order valence-corrected chi connectivity index (χ2v) is 19.4. The fraction of sp³-hybridized carbons (Fsp3) is 0.673. The summed E-state index contributed by atoms with van der Waals surface area (Å²) in [6, 6.07) is 5.23. The molecule has 0 bridgehead atoms. The first kappa shape index (κ1) is 53.5. The molecule has 0 saturated carbocycles. The van der Waals surface area contributed by atoms with E-state index in [4.69, 9.17) is 4.74 Å². The Hall–Kier alpha value is -3.86. The summed E-state index contributed by atoms with van der Waals surface area (Å²) >= 11 is 0. The molecule has 3 rings (SSSR count). The van der Waals surface area contributed by atoms with Crippen molar-refractivity contribution in [2.75, 3.05) is 48.2 Å². The Labute approximate surface area is 382 Å². The SMILES string of the molecule is CCCCCCCCCCCCS(=O)(=O)Nc1cc(N(CC)CC)ccc1C1=C(O)/C(=C2C=C/C(=[N+](/CC)CC(=O)OCC(CCCCCC)CCCCCCCC)C=C\2O)C1=O. The molecule has 0 aliphatic heterocycles. The number of anilines is 2. The van der Waals surface area contributed by atoms with Crippen LogP contribution in [0.4, 0.5) is 11.4 Å². The number of rotatable bonds is 34. The van der Waals surface area contributed by atoms with E-state index < -0.39 is 15.8 Å². The predicted molar refractivity (Wildman–Crippen MR) is 263 cm³/mol. The fourth-order valence-electron chi connectivity index (χ4n) is 8.63. The maximum absolute atomic E-state index is 13.9. The summed E-state index contributed by atoms with van der Waals surface area (Å²) in [5.41, 5.74) is 2.01. The van der Waals surface area contributed by atoms with Gasteiger partial charge in [-0.2, -0.15) is 0 Å². The number of Topliss-reactive ketones (excluding diaryl/α,β-unsaturated/α-hetero) is 1. The number of hydrogen-bond acceptors (Lipinski definition) is 8. The predicted octanol–water partition coefficient (Wildman–Crippen LogP) is 12.7.